The number of esters is 1. The zero-order valence-corrected chi connectivity index (χ0v) is 21.3. The average molecular weight is 507 g/mol. The molecule has 3 heterocycles. The minimum Gasteiger partial charge on any atom is -0.491 e. The molecule has 0 radical (unpaired) electrons. The molecule has 0 bridgehead atoms. The molecule has 0 saturated carbocycles. The van der Waals surface area contributed by atoms with Crippen molar-refractivity contribution in [1.82, 2.24) is 4.57 Å². The topological polar surface area (TPSA) is 88.4 Å². The van der Waals surface area contributed by atoms with Crippen LogP contribution < -0.4 is 29.1 Å². The number of fused-ring (bicyclic) bond motifs is 2. The Labute approximate surface area is 211 Å². The first-order valence-electron chi connectivity index (χ1n) is 11.7. The number of benzene rings is 2. The first kappa shape index (κ1) is 23.9. The number of aromatic nitrogens is 1. The SMILES string of the molecule is CCOC(=O)C1=C(C)N=c2s/c(=C\c3ccc4c(c3)OCO4)c(=O)n2[C@H]1c1ccc(OC(C)C)cc1. The summed E-state index contributed by atoms with van der Waals surface area (Å²) in [4.78, 5) is 31.9. The average Bonchev–Trinajstić information content (AvgIpc) is 3.42. The molecule has 36 heavy (non-hydrogen) atoms. The van der Waals surface area contributed by atoms with Crippen molar-refractivity contribution in [2.75, 3.05) is 13.4 Å². The van der Waals surface area contributed by atoms with Crippen molar-refractivity contribution < 1.29 is 23.7 Å². The van der Waals surface area contributed by atoms with Gasteiger partial charge in [-0.1, -0.05) is 29.5 Å². The summed E-state index contributed by atoms with van der Waals surface area (Å²) in [6.07, 6.45) is 1.83. The number of nitrogens with zero attached hydrogens (tertiary/aromatic N) is 2. The van der Waals surface area contributed by atoms with E-state index in [1.54, 1.807) is 24.5 Å². The number of hydrogen-bond acceptors (Lipinski definition) is 8. The van der Waals surface area contributed by atoms with Gasteiger partial charge in [-0.05, 0) is 69.2 Å². The Morgan fingerprint density at radius 1 is 1.19 bits per heavy atom. The molecule has 186 valence electrons. The van der Waals surface area contributed by atoms with Gasteiger partial charge in [0.1, 0.15) is 5.75 Å². The minimum absolute atomic E-state index is 0.0296. The van der Waals surface area contributed by atoms with Crippen LogP contribution in [0.15, 0.2) is 63.5 Å². The molecule has 3 aromatic rings. The largest absolute Gasteiger partial charge is 0.491 e. The Bertz CT molecular complexity index is 1530. The maximum atomic E-state index is 13.7. The highest BCUT2D eigenvalue weighted by molar-refractivity contribution is 7.07. The molecule has 0 unspecified atom stereocenters. The van der Waals surface area contributed by atoms with Crippen molar-refractivity contribution >= 4 is 23.4 Å². The van der Waals surface area contributed by atoms with Crippen molar-refractivity contribution in [2.45, 2.75) is 39.8 Å². The van der Waals surface area contributed by atoms with E-state index in [4.69, 9.17) is 18.9 Å². The molecule has 0 saturated heterocycles. The maximum absolute atomic E-state index is 13.7. The first-order chi connectivity index (χ1) is 17.4. The number of carbonyl (C=O) groups excluding carboxylic acids is 1. The fourth-order valence-corrected chi connectivity index (χ4v) is 5.31. The van der Waals surface area contributed by atoms with E-state index in [1.165, 1.54) is 11.3 Å². The van der Waals surface area contributed by atoms with Crippen molar-refractivity contribution in [2.24, 2.45) is 4.99 Å². The fourth-order valence-electron chi connectivity index (χ4n) is 4.26. The Morgan fingerprint density at radius 3 is 2.67 bits per heavy atom. The normalized spacial score (nSPS) is 16.7. The van der Waals surface area contributed by atoms with Gasteiger partial charge in [0.15, 0.2) is 16.3 Å². The summed E-state index contributed by atoms with van der Waals surface area (Å²) in [5, 5.41) is 0. The minimum atomic E-state index is -0.674. The van der Waals surface area contributed by atoms with Gasteiger partial charge in [0.25, 0.3) is 5.56 Å². The molecule has 8 nitrogen and oxygen atoms in total. The summed E-state index contributed by atoms with van der Waals surface area (Å²) in [5.74, 6) is 1.53. The van der Waals surface area contributed by atoms with Crippen LogP contribution in [-0.4, -0.2) is 30.0 Å². The monoisotopic (exact) mass is 506 g/mol. The second kappa shape index (κ2) is 9.66. The molecular weight excluding hydrogens is 480 g/mol. The van der Waals surface area contributed by atoms with Crippen LogP contribution in [0.5, 0.6) is 17.2 Å². The summed E-state index contributed by atoms with van der Waals surface area (Å²) in [6.45, 7) is 7.83. The summed E-state index contributed by atoms with van der Waals surface area (Å²) in [6, 6.07) is 12.3. The van der Waals surface area contributed by atoms with E-state index in [9.17, 15) is 9.59 Å². The number of allylic oxidation sites excluding steroid dienone is 1. The highest BCUT2D eigenvalue weighted by Gasteiger charge is 2.33. The van der Waals surface area contributed by atoms with Crippen molar-refractivity contribution in [1.29, 1.82) is 0 Å². The van der Waals surface area contributed by atoms with Gasteiger partial charge in [0, 0.05) is 0 Å². The molecule has 1 atom stereocenters. The lowest BCUT2D eigenvalue weighted by Gasteiger charge is -2.25. The lowest BCUT2D eigenvalue weighted by molar-refractivity contribution is -0.139. The second-order valence-electron chi connectivity index (χ2n) is 8.65. The quantitative estimate of drug-likeness (QED) is 0.477. The van der Waals surface area contributed by atoms with E-state index in [-0.39, 0.29) is 25.1 Å². The third-order valence-electron chi connectivity index (χ3n) is 5.78. The third kappa shape index (κ3) is 4.42. The summed E-state index contributed by atoms with van der Waals surface area (Å²) < 4.78 is 24.0. The van der Waals surface area contributed by atoms with E-state index in [0.29, 0.717) is 37.9 Å². The molecule has 0 fully saturated rings. The Hall–Kier alpha value is -3.85. The van der Waals surface area contributed by atoms with E-state index < -0.39 is 12.0 Å². The van der Waals surface area contributed by atoms with Gasteiger partial charge < -0.3 is 18.9 Å². The smallest absolute Gasteiger partial charge is 0.338 e. The van der Waals surface area contributed by atoms with Crippen LogP contribution in [0.3, 0.4) is 0 Å². The van der Waals surface area contributed by atoms with Crippen LogP contribution >= 0.6 is 11.3 Å². The van der Waals surface area contributed by atoms with E-state index in [2.05, 4.69) is 4.99 Å². The molecular formula is C27H26N2O6S. The number of rotatable bonds is 6. The van der Waals surface area contributed by atoms with Gasteiger partial charge in [-0.25, -0.2) is 9.79 Å². The Kier molecular flexibility index (Phi) is 6.40. The van der Waals surface area contributed by atoms with Gasteiger partial charge in [-0.2, -0.15) is 0 Å². The third-order valence-corrected chi connectivity index (χ3v) is 6.76. The van der Waals surface area contributed by atoms with Gasteiger partial charge in [-0.15, -0.1) is 0 Å². The summed E-state index contributed by atoms with van der Waals surface area (Å²) in [5.41, 5.74) is 2.20. The lowest BCUT2D eigenvalue weighted by atomic mass is 9.96. The van der Waals surface area contributed by atoms with Gasteiger partial charge >= 0.3 is 5.97 Å². The van der Waals surface area contributed by atoms with Gasteiger partial charge in [0.05, 0.1) is 34.6 Å². The highest BCUT2D eigenvalue weighted by Crippen LogP contribution is 2.33. The zero-order valence-electron chi connectivity index (χ0n) is 20.4. The van der Waals surface area contributed by atoms with E-state index in [1.807, 2.05) is 56.3 Å². The molecule has 2 aliphatic heterocycles. The molecule has 2 aromatic carbocycles. The first-order valence-corrected chi connectivity index (χ1v) is 12.5. The number of carbonyl (C=O) groups is 1. The van der Waals surface area contributed by atoms with Crippen LogP contribution in [0.1, 0.15) is 44.9 Å². The van der Waals surface area contributed by atoms with Crippen LogP contribution in [0.2, 0.25) is 0 Å². The number of hydrogen-bond donors (Lipinski definition) is 0. The van der Waals surface area contributed by atoms with Crippen LogP contribution in [0, 0.1) is 0 Å². The van der Waals surface area contributed by atoms with Gasteiger partial charge in [0.2, 0.25) is 6.79 Å². The van der Waals surface area contributed by atoms with Crippen molar-refractivity contribution in [3.63, 3.8) is 0 Å². The summed E-state index contributed by atoms with van der Waals surface area (Å²) >= 11 is 1.28. The molecule has 2 aliphatic rings. The Morgan fingerprint density at radius 2 is 1.94 bits per heavy atom. The van der Waals surface area contributed by atoms with Crippen molar-refractivity contribution in [3.8, 4) is 17.2 Å². The molecule has 0 amide bonds. The number of thiazole rings is 1. The maximum Gasteiger partial charge on any atom is 0.338 e. The van der Waals surface area contributed by atoms with E-state index in [0.717, 1.165) is 11.1 Å². The predicted molar refractivity (Wildman–Crippen MR) is 135 cm³/mol. The predicted octanol–water partition coefficient (Wildman–Crippen LogP) is 3.31. The van der Waals surface area contributed by atoms with Crippen LogP contribution in [0.4, 0.5) is 0 Å². The fraction of sp³-hybridized carbons (Fsp3) is 0.296. The standard InChI is InChI=1S/C27H26N2O6S/c1-5-32-26(31)23-16(4)28-27-29(24(23)18-7-9-19(10-8-18)35-15(2)3)25(30)22(36-27)13-17-6-11-20-21(12-17)34-14-33-20/h6-13,15,24H,5,14H2,1-4H3/b22-13-/t24-/m0/s1. The van der Waals surface area contributed by atoms with E-state index >= 15 is 0 Å². The lowest BCUT2D eigenvalue weighted by Crippen LogP contribution is -2.39. The van der Waals surface area contributed by atoms with Crippen LogP contribution in [0.25, 0.3) is 6.08 Å². The molecule has 5 rings (SSSR count). The molecule has 0 N–H and O–H groups in total. The summed E-state index contributed by atoms with van der Waals surface area (Å²) in [7, 11) is 0. The molecule has 0 aliphatic carbocycles. The van der Waals surface area contributed by atoms with Crippen LogP contribution in [-0.2, 0) is 9.53 Å². The second-order valence-corrected chi connectivity index (χ2v) is 9.66. The molecule has 9 heteroatoms. The molecule has 1 aromatic heterocycles. The Balaban J connectivity index is 1.64. The highest BCUT2D eigenvalue weighted by atomic mass is 32.1. The molecule has 0 spiro atoms. The van der Waals surface area contributed by atoms with Gasteiger partial charge in [-0.3, -0.25) is 9.36 Å². The zero-order chi connectivity index (χ0) is 25.4. The number of ether oxygens (including phenoxy) is 4. The van der Waals surface area contributed by atoms with Crippen molar-refractivity contribution in [3.05, 3.63) is 84.5 Å².